The molecule has 104 valence electrons. The van der Waals surface area contributed by atoms with Gasteiger partial charge in [0.05, 0.1) is 0 Å². The summed E-state index contributed by atoms with van der Waals surface area (Å²) in [5.41, 5.74) is 3.69. The van der Waals surface area contributed by atoms with Crippen molar-refractivity contribution in [2.24, 2.45) is 0 Å². The lowest BCUT2D eigenvalue weighted by atomic mass is 9.76. The van der Waals surface area contributed by atoms with E-state index in [0.717, 1.165) is 20.7 Å². The molecule has 0 saturated heterocycles. The number of benzene rings is 2. The van der Waals surface area contributed by atoms with Crippen LogP contribution in [0, 0.1) is 6.92 Å². The first-order valence-electron chi connectivity index (χ1n) is 6.90. The molecular formula is C17H17BrClN. The molecule has 0 spiro atoms. The number of hydrogen-bond donors (Lipinski definition) is 1. The first kappa shape index (κ1) is 14.0. The Bertz CT molecular complexity index is 603. The number of aryl methyl sites for hydroxylation is 1. The molecule has 0 radical (unpaired) electrons. The molecule has 0 bridgehead atoms. The van der Waals surface area contributed by atoms with Crippen molar-refractivity contribution in [3.63, 3.8) is 0 Å². The molecule has 0 amide bonds. The highest BCUT2D eigenvalue weighted by Crippen LogP contribution is 2.39. The minimum Gasteiger partial charge on any atom is -0.382 e. The predicted molar refractivity (Wildman–Crippen MR) is 89.7 cm³/mol. The second-order valence-electron chi connectivity index (χ2n) is 5.53. The smallest absolute Gasteiger partial charge is 0.0455 e. The molecule has 20 heavy (non-hydrogen) atoms. The SMILES string of the molecule is Cc1ccc(NC2CC(c3ccc(Br)cc3)C2)cc1Cl. The van der Waals surface area contributed by atoms with Gasteiger partial charge in [0.15, 0.2) is 0 Å². The van der Waals surface area contributed by atoms with Gasteiger partial charge in [-0.3, -0.25) is 0 Å². The van der Waals surface area contributed by atoms with Crippen LogP contribution in [0.1, 0.15) is 29.9 Å². The summed E-state index contributed by atoms with van der Waals surface area (Å²) >= 11 is 9.63. The number of halogens is 2. The molecular weight excluding hydrogens is 334 g/mol. The van der Waals surface area contributed by atoms with E-state index >= 15 is 0 Å². The van der Waals surface area contributed by atoms with Gasteiger partial charge in [-0.05, 0) is 61.1 Å². The lowest BCUT2D eigenvalue weighted by Crippen LogP contribution is -2.33. The third-order valence-corrected chi connectivity index (χ3v) is 4.96. The fraction of sp³-hybridized carbons (Fsp3) is 0.294. The van der Waals surface area contributed by atoms with Crippen LogP contribution in [0.15, 0.2) is 46.9 Å². The summed E-state index contributed by atoms with van der Waals surface area (Å²) in [7, 11) is 0. The molecule has 0 heterocycles. The summed E-state index contributed by atoms with van der Waals surface area (Å²) in [6.07, 6.45) is 2.38. The van der Waals surface area contributed by atoms with Crippen LogP contribution < -0.4 is 5.32 Å². The predicted octanol–water partition coefficient (Wildman–Crippen LogP) is 5.77. The van der Waals surface area contributed by atoms with Crippen molar-refractivity contribution < 1.29 is 0 Å². The van der Waals surface area contributed by atoms with E-state index in [1.54, 1.807) is 0 Å². The van der Waals surface area contributed by atoms with Gasteiger partial charge in [-0.15, -0.1) is 0 Å². The molecule has 1 N–H and O–H groups in total. The Balaban J connectivity index is 1.58. The maximum atomic E-state index is 6.15. The molecule has 3 heteroatoms. The van der Waals surface area contributed by atoms with Gasteiger partial charge < -0.3 is 5.32 Å². The Labute approximate surface area is 133 Å². The molecule has 1 aliphatic rings. The maximum absolute atomic E-state index is 6.15. The van der Waals surface area contributed by atoms with Gasteiger partial charge in [0.1, 0.15) is 0 Å². The lowest BCUT2D eigenvalue weighted by Gasteiger charge is -2.37. The normalized spacial score (nSPS) is 21.4. The molecule has 0 aromatic heterocycles. The van der Waals surface area contributed by atoms with E-state index in [4.69, 9.17) is 11.6 Å². The van der Waals surface area contributed by atoms with Crippen molar-refractivity contribution in [1.82, 2.24) is 0 Å². The van der Waals surface area contributed by atoms with Crippen LogP contribution >= 0.6 is 27.5 Å². The maximum Gasteiger partial charge on any atom is 0.0455 e. The topological polar surface area (TPSA) is 12.0 Å². The van der Waals surface area contributed by atoms with Gasteiger partial charge in [-0.2, -0.15) is 0 Å². The number of anilines is 1. The van der Waals surface area contributed by atoms with Crippen molar-refractivity contribution in [2.75, 3.05) is 5.32 Å². The van der Waals surface area contributed by atoms with Crippen LogP contribution in [0.2, 0.25) is 5.02 Å². The second kappa shape index (κ2) is 5.79. The molecule has 1 saturated carbocycles. The van der Waals surface area contributed by atoms with Crippen molar-refractivity contribution in [3.8, 4) is 0 Å². The first-order valence-corrected chi connectivity index (χ1v) is 8.07. The van der Waals surface area contributed by atoms with E-state index in [9.17, 15) is 0 Å². The van der Waals surface area contributed by atoms with E-state index < -0.39 is 0 Å². The Morgan fingerprint density at radius 3 is 2.45 bits per heavy atom. The number of hydrogen-bond acceptors (Lipinski definition) is 1. The summed E-state index contributed by atoms with van der Waals surface area (Å²) in [6, 6.07) is 15.4. The van der Waals surface area contributed by atoms with Gasteiger partial charge in [-0.25, -0.2) is 0 Å². The summed E-state index contributed by atoms with van der Waals surface area (Å²) in [4.78, 5) is 0. The zero-order chi connectivity index (χ0) is 14.1. The molecule has 2 aromatic rings. The van der Waals surface area contributed by atoms with Gasteiger partial charge >= 0.3 is 0 Å². The summed E-state index contributed by atoms with van der Waals surface area (Å²) < 4.78 is 1.14. The molecule has 1 nitrogen and oxygen atoms in total. The molecule has 0 unspecified atom stereocenters. The summed E-state index contributed by atoms with van der Waals surface area (Å²) in [6.45, 7) is 2.03. The van der Waals surface area contributed by atoms with Crippen molar-refractivity contribution >= 4 is 33.2 Å². The van der Waals surface area contributed by atoms with Crippen LogP contribution in [-0.2, 0) is 0 Å². The number of rotatable bonds is 3. The van der Waals surface area contributed by atoms with Crippen LogP contribution in [-0.4, -0.2) is 6.04 Å². The minimum absolute atomic E-state index is 0.558. The summed E-state index contributed by atoms with van der Waals surface area (Å²) in [5, 5.41) is 4.40. The highest BCUT2D eigenvalue weighted by molar-refractivity contribution is 9.10. The third kappa shape index (κ3) is 3.02. The van der Waals surface area contributed by atoms with Gasteiger partial charge in [0.25, 0.3) is 0 Å². The average molecular weight is 351 g/mol. The molecule has 1 fully saturated rings. The van der Waals surface area contributed by atoms with E-state index in [0.29, 0.717) is 12.0 Å². The fourth-order valence-electron chi connectivity index (χ4n) is 2.66. The Morgan fingerprint density at radius 2 is 1.80 bits per heavy atom. The molecule has 2 aromatic carbocycles. The number of nitrogens with one attached hydrogen (secondary N) is 1. The van der Waals surface area contributed by atoms with E-state index in [1.807, 2.05) is 13.0 Å². The fourth-order valence-corrected chi connectivity index (χ4v) is 3.11. The van der Waals surface area contributed by atoms with E-state index in [-0.39, 0.29) is 0 Å². The molecule has 3 rings (SSSR count). The molecule has 0 atom stereocenters. The zero-order valence-corrected chi connectivity index (χ0v) is 13.7. The summed E-state index contributed by atoms with van der Waals surface area (Å²) in [5.74, 6) is 0.682. The standard InChI is InChI=1S/C17H17BrClN/c1-11-2-7-15(10-17(11)19)20-16-8-13(9-16)12-3-5-14(18)6-4-12/h2-7,10,13,16,20H,8-9H2,1H3. The van der Waals surface area contributed by atoms with Crippen LogP contribution in [0.3, 0.4) is 0 Å². The second-order valence-corrected chi connectivity index (χ2v) is 6.85. The van der Waals surface area contributed by atoms with E-state index in [1.165, 1.54) is 18.4 Å². The average Bonchev–Trinajstić information content (AvgIpc) is 2.39. The van der Waals surface area contributed by atoms with Crippen molar-refractivity contribution in [3.05, 3.63) is 63.1 Å². The van der Waals surface area contributed by atoms with Crippen LogP contribution in [0.25, 0.3) is 0 Å². The molecule has 0 aliphatic heterocycles. The zero-order valence-electron chi connectivity index (χ0n) is 11.4. The Hall–Kier alpha value is -0.990. The highest BCUT2D eigenvalue weighted by Gasteiger charge is 2.30. The van der Waals surface area contributed by atoms with Gasteiger partial charge in [0.2, 0.25) is 0 Å². The Kier molecular flexibility index (Phi) is 4.04. The highest BCUT2D eigenvalue weighted by atomic mass is 79.9. The van der Waals surface area contributed by atoms with Gasteiger partial charge in [0, 0.05) is 21.2 Å². The lowest BCUT2D eigenvalue weighted by molar-refractivity contribution is 0.374. The van der Waals surface area contributed by atoms with Crippen molar-refractivity contribution in [2.45, 2.75) is 31.7 Å². The third-order valence-electron chi connectivity index (χ3n) is 4.02. The van der Waals surface area contributed by atoms with Crippen molar-refractivity contribution in [1.29, 1.82) is 0 Å². The minimum atomic E-state index is 0.558. The van der Waals surface area contributed by atoms with Gasteiger partial charge in [-0.1, -0.05) is 45.7 Å². The monoisotopic (exact) mass is 349 g/mol. The Morgan fingerprint density at radius 1 is 1.10 bits per heavy atom. The largest absolute Gasteiger partial charge is 0.382 e. The molecule has 1 aliphatic carbocycles. The van der Waals surface area contributed by atoms with Crippen LogP contribution in [0.5, 0.6) is 0 Å². The van der Waals surface area contributed by atoms with E-state index in [2.05, 4.69) is 57.6 Å². The van der Waals surface area contributed by atoms with Crippen LogP contribution in [0.4, 0.5) is 5.69 Å². The first-order chi connectivity index (χ1) is 9.61. The quantitative estimate of drug-likeness (QED) is 0.741.